The van der Waals surface area contributed by atoms with Crippen LogP contribution in [0.2, 0.25) is 0 Å². The van der Waals surface area contributed by atoms with E-state index >= 15 is 0 Å². The second-order valence-electron chi connectivity index (χ2n) is 8.11. The molecule has 1 saturated heterocycles. The number of anilines is 3. The van der Waals surface area contributed by atoms with Gasteiger partial charge in [-0.1, -0.05) is 25.7 Å². The number of aromatic nitrogens is 2. The fourth-order valence-electron chi connectivity index (χ4n) is 4.66. The highest BCUT2D eigenvalue weighted by Gasteiger charge is 2.38. The van der Waals surface area contributed by atoms with Crippen LogP contribution in [0.25, 0.3) is 0 Å². The minimum atomic E-state index is -0.114. The Morgan fingerprint density at radius 3 is 2.46 bits per heavy atom. The van der Waals surface area contributed by atoms with E-state index in [2.05, 4.69) is 44.8 Å². The van der Waals surface area contributed by atoms with Crippen molar-refractivity contribution in [3.63, 3.8) is 0 Å². The van der Waals surface area contributed by atoms with Crippen LogP contribution >= 0.6 is 0 Å². The zero-order valence-electron chi connectivity index (χ0n) is 16.3. The molecule has 146 valence electrons. The normalized spacial score (nSPS) is 20.8. The van der Waals surface area contributed by atoms with Crippen molar-refractivity contribution in [2.75, 3.05) is 36.4 Å². The van der Waals surface area contributed by atoms with Crippen molar-refractivity contribution in [2.24, 2.45) is 4.99 Å². The summed E-state index contributed by atoms with van der Waals surface area (Å²) in [4.78, 5) is 16.8. The number of hydrogen-bond acceptors (Lipinski definition) is 6. The van der Waals surface area contributed by atoms with Gasteiger partial charge in [-0.05, 0) is 37.1 Å². The zero-order chi connectivity index (χ0) is 18.8. The highest BCUT2D eigenvalue weighted by molar-refractivity contribution is 5.85. The molecular formula is C22H28N6. The maximum atomic E-state index is 4.91. The number of rotatable bonds is 3. The first-order valence-electron chi connectivity index (χ1n) is 10.6. The van der Waals surface area contributed by atoms with Crippen LogP contribution in [0.5, 0.6) is 0 Å². The molecule has 2 aromatic rings. The van der Waals surface area contributed by atoms with E-state index in [-0.39, 0.29) is 5.54 Å². The Morgan fingerprint density at radius 1 is 0.964 bits per heavy atom. The van der Waals surface area contributed by atoms with E-state index in [1.165, 1.54) is 31.4 Å². The summed E-state index contributed by atoms with van der Waals surface area (Å²) in [6.45, 7) is 4.21. The maximum absolute atomic E-state index is 4.91. The molecule has 1 aliphatic carbocycles. The van der Waals surface area contributed by atoms with Gasteiger partial charge in [-0.25, -0.2) is 9.97 Å². The summed E-state index contributed by atoms with van der Waals surface area (Å²) in [6, 6.07) is 8.59. The third kappa shape index (κ3) is 3.37. The zero-order valence-corrected chi connectivity index (χ0v) is 16.3. The van der Waals surface area contributed by atoms with Crippen LogP contribution in [0, 0.1) is 0 Å². The van der Waals surface area contributed by atoms with E-state index < -0.39 is 0 Å². The van der Waals surface area contributed by atoms with Gasteiger partial charge < -0.3 is 15.5 Å². The number of piperazine rings is 1. The minimum absolute atomic E-state index is 0.114. The molecule has 3 heterocycles. The molecule has 0 bridgehead atoms. The molecule has 6 heteroatoms. The Hall–Kier alpha value is -2.47. The van der Waals surface area contributed by atoms with Crippen LogP contribution in [0.3, 0.4) is 0 Å². The molecule has 1 aromatic heterocycles. The molecule has 1 aromatic carbocycles. The van der Waals surface area contributed by atoms with Crippen molar-refractivity contribution in [2.45, 2.75) is 44.1 Å². The first-order valence-corrected chi connectivity index (χ1v) is 10.6. The highest BCUT2D eigenvalue weighted by atomic mass is 15.2. The van der Waals surface area contributed by atoms with Crippen molar-refractivity contribution < 1.29 is 0 Å². The van der Waals surface area contributed by atoms with Crippen LogP contribution in [0.4, 0.5) is 17.3 Å². The molecule has 28 heavy (non-hydrogen) atoms. The first kappa shape index (κ1) is 17.6. The number of hydrogen-bond donors (Lipinski definition) is 2. The SMILES string of the molecule is C1=NC2(CCCCCC2)c2nc(Nc3ccc(N4CCNCC4)cc3)ncc21. The second kappa shape index (κ2) is 7.51. The minimum Gasteiger partial charge on any atom is -0.369 e. The number of nitrogens with one attached hydrogen (secondary N) is 2. The summed E-state index contributed by atoms with van der Waals surface area (Å²) in [5, 5.41) is 6.79. The topological polar surface area (TPSA) is 65.4 Å². The molecule has 2 aliphatic heterocycles. The van der Waals surface area contributed by atoms with Gasteiger partial charge in [-0.2, -0.15) is 0 Å². The first-order chi connectivity index (χ1) is 13.8. The van der Waals surface area contributed by atoms with Crippen LogP contribution in [0.1, 0.15) is 49.8 Å². The van der Waals surface area contributed by atoms with Crippen molar-refractivity contribution in [1.29, 1.82) is 0 Å². The molecule has 2 fully saturated rings. The summed E-state index contributed by atoms with van der Waals surface area (Å²) < 4.78 is 0. The van der Waals surface area contributed by atoms with Gasteiger partial charge in [0.2, 0.25) is 5.95 Å². The van der Waals surface area contributed by atoms with Crippen LogP contribution in [0.15, 0.2) is 35.5 Å². The van der Waals surface area contributed by atoms with Gasteiger partial charge in [0.05, 0.1) is 5.69 Å². The highest BCUT2D eigenvalue weighted by Crippen LogP contribution is 2.43. The monoisotopic (exact) mass is 376 g/mol. The summed E-state index contributed by atoms with van der Waals surface area (Å²) >= 11 is 0. The Balaban J connectivity index is 1.34. The predicted octanol–water partition coefficient (Wildman–Crippen LogP) is 3.61. The summed E-state index contributed by atoms with van der Waals surface area (Å²) in [5.74, 6) is 0.669. The van der Waals surface area contributed by atoms with E-state index in [1.54, 1.807) is 0 Å². The quantitative estimate of drug-likeness (QED) is 0.857. The molecule has 6 nitrogen and oxygen atoms in total. The maximum Gasteiger partial charge on any atom is 0.227 e. The standard InChI is InChI=1S/C22H28N6/c1-2-4-10-22(9-3-1)20-17(16-25-22)15-24-21(27-20)26-18-5-7-19(8-6-18)28-13-11-23-12-14-28/h5-8,15-16,23H,1-4,9-14H2,(H,24,26,27). The van der Waals surface area contributed by atoms with E-state index in [0.717, 1.165) is 56.0 Å². The van der Waals surface area contributed by atoms with E-state index in [0.29, 0.717) is 5.95 Å². The number of benzene rings is 1. The lowest BCUT2D eigenvalue weighted by Gasteiger charge is -2.29. The fourth-order valence-corrected chi connectivity index (χ4v) is 4.66. The third-order valence-corrected chi connectivity index (χ3v) is 6.24. The number of nitrogens with zero attached hydrogens (tertiary/aromatic N) is 4. The van der Waals surface area contributed by atoms with Gasteiger partial charge in [0.1, 0.15) is 5.54 Å². The van der Waals surface area contributed by atoms with Crippen LogP contribution in [-0.2, 0) is 5.54 Å². The Labute approximate surface area is 166 Å². The summed E-state index contributed by atoms with van der Waals surface area (Å²) in [6.07, 6.45) is 11.2. The van der Waals surface area contributed by atoms with Crippen molar-refractivity contribution in [3.8, 4) is 0 Å². The predicted molar refractivity (Wildman–Crippen MR) is 114 cm³/mol. The molecule has 1 spiro atoms. The van der Waals surface area contributed by atoms with Gasteiger partial charge >= 0.3 is 0 Å². The van der Waals surface area contributed by atoms with E-state index in [9.17, 15) is 0 Å². The average Bonchev–Trinajstić information content (AvgIpc) is 2.92. The Morgan fingerprint density at radius 2 is 1.71 bits per heavy atom. The molecule has 0 atom stereocenters. The molecule has 3 aliphatic rings. The number of aliphatic imine (C=N–C) groups is 1. The second-order valence-corrected chi connectivity index (χ2v) is 8.11. The molecule has 0 amide bonds. The van der Waals surface area contributed by atoms with Crippen molar-refractivity contribution >= 4 is 23.5 Å². The molecule has 5 rings (SSSR count). The molecule has 0 unspecified atom stereocenters. The molecule has 1 saturated carbocycles. The largest absolute Gasteiger partial charge is 0.369 e. The average molecular weight is 377 g/mol. The molecule has 2 N–H and O–H groups in total. The lowest BCUT2D eigenvalue weighted by Crippen LogP contribution is -2.43. The van der Waals surface area contributed by atoms with Crippen LogP contribution in [-0.4, -0.2) is 42.4 Å². The Bertz CT molecular complexity index is 846. The smallest absolute Gasteiger partial charge is 0.227 e. The fraction of sp³-hybridized carbons (Fsp3) is 0.500. The van der Waals surface area contributed by atoms with Crippen LogP contribution < -0.4 is 15.5 Å². The van der Waals surface area contributed by atoms with E-state index in [4.69, 9.17) is 9.98 Å². The lowest BCUT2D eigenvalue weighted by molar-refractivity contribution is 0.387. The van der Waals surface area contributed by atoms with Gasteiger partial charge in [0, 0.05) is 55.5 Å². The van der Waals surface area contributed by atoms with Gasteiger partial charge in [0.15, 0.2) is 0 Å². The van der Waals surface area contributed by atoms with E-state index in [1.807, 2.05) is 12.4 Å². The van der Waals surface area contributed by atoms with Gasteiger partial charge in [-0.15, -0.1) is 0 Å². The van der Waals surface area contributed by atoms with Crippen molar-refractivity contribution in [3.05, 3.63) is 41.7 Å². The Kier molecular flexibility index (Phi) is 4.72. The number of fused-ring (bicyclic) bond motifs is 2. The third-order valence-electron chi connectivity index (χ3n) is 6.24. The van der Waals surface area contributed by atoms with Gasteiger partial charge in [-0.3, -0.25) is 4.99 Å². The summed E-state index contributed by atoms with van der Waals surface area (Å²) in [7, 11) is 0. The molecule has 0 radical (unpaired) electrons. The summed E-state index contributed by atoms with van der Waals surface area (Å²) in [5.41, 5.74) is 4.38. The van der Waals surface area contributed by atoms with Crippen molar-refractivity contribution in [1.82, 2.24) is 15.3 Å². The lowest BCUT2D eigenvalue weighted by atomic mass is 9.87. The van der Waals surface area contributed by atoms with Gasteiger partial charge in [0.25, 0.3) is 0 Å². The molecular weight excluding hydrogens is 348 g/mol.